The smallest absolute Gasteiger partial charge is 0.305 e. The van der Waals surface area contributed by atoms with Gasteiger partial charge in [-0.05, 0) is 17.7 Å². The number of nitrogens with one attached hydrogen (secondary N) is 1. The van der Waals surface area contributed by atoms with Crippen LogP contribution in [-0.4, -0.2) is 38.3 Å². The van der Waals surface area contributed by atoms with Crippen molar-refractivity contribution in [3.8, 4) is 17.2 Å². The Morgan fingerprint density at radius 3 is 2.04 bits per heavy atom. The fourth-order valence-corrected chi connectivity index (χ4v) is 2.57. The Morgan fingerprint density at radius 1 is 1.00 bits per heavy atom. The maximum atomic E-state index is 12.7. The molecule has 2 rings (SSSR count). The van der Waals surface area contributed by atoms with Crippen LogP contribution in [0.4, 0.5) is 0 Å². The van der Waals surface area contributed by atoms with Crippen LogP contribution in [0.1, 0.15) is 28.4 Å². The molecule has 0 bridgehead atoms. The molecule has 1 unspecified atom stereocenters. The molecule has 7 nitrogen and oxygen atoms in total. The molecule has 2 N–H and O–H groups in total. The lowest BCUT2D eigenvalue weighted by molar-refractivity contribution is -0.137. The number of carbonyl (C=O) groups is 2. The van der Waals surface area contributed by atoms with Gasteiger partial charge in [0, 0.05) is 5.56 Å². The molecule has 138 valence electrons. The molecule has 0 spiro atoms. The summed E-state index contributed by atoms with van der Waals surface area (Å²) >= 11 is 0. The molecule has 0 radical (unpaired) electrons. The molecule has 0 saturated heterocycles. The van der Waals surface area contributed by atoms with E-state index in [2.05, 4.69) is 5.32 Å². The maximum absolute atomic E-state index is 12.7. The number of hydrogen-bond donors (Lipinski definition) is 2. The number of hydrogen-bond acceptors (Lipinski definition) is 5. The third-order valence-corrected chi connectivity index (χ3v) is 3.81. The van der Waals surface area contributed by atoms with Crippen molar-refractivity contribution in [3.63, 3.8) is 0 Å². The Bertz CT molecular complexity index is 750. The summed E-state index contributed by atoms with van der Waals surface area (Å²) in [5, 5.41) is 11.9. The molecule has 0 aliphatic heterocycles. The van der Waals surface area contributed by atoms with E-state index in [1.165, 1.54) is 33.5 Å². The van der Waals surface area contributed by atoms with Crippen molar-refractivity contribution in [2.24, 2.45) is 0 Å². The van der Waals surface area contributed by atoms with Crippen LogP contribution in [-0.2, 0) is 4.79 Å². The molecule has 1 atom stereocenters. The van der Waals surface area contributed by atoms with Crippen LogP contribution in [0.2, 0.25) is 0 Å². The summed E-state index contributed by atoms with van der Waals surface area (Å²) in [4.78, 5) is 23.9. The van der Waals surface area contributed by atoms with Gasteiger partial charge in [0.2, 0.25) is 5.75 Å². The van der Waals surface area contributed by atoms with E-state index in [-0.39, 0.29) is 12.0 Å². The van der Waals surface area contributed by atoms with E-state index in [0.717, 1.165) is 0 Å². The van der Waals surface area contributed by atoms with Crippen molar-refractivity contribution in [3.05, 3.63) is 53.6 Å². The summed E-state index contributed by atoms with van der Waals surface area (Å²) in [7, 11) is 4.38. The number of rotatable bonds is 8. The lowest BCUT2D eigenvalue weighted by Crippen LogP contribution is -2.30. The van der Waals surface area contributed by atoms with Crippen molar-refractivity contribution in [2.45, 2.75) is 12.5 Å². The highest BCUT2D eigenvalue weighted by atomic mass is 16.5. The van der Waals surface area contributed by atoms with Crippen molar-refractivity contribution < 1.29 is 28.9 Å². The van der Waals surface area contributed by atoms with Crippen molar-refractivity contribution in [2.75, 3.05) is 21.3 Å². The van der Waals surface area contributed by atoms with Gasteiger partial charge in [0.1, 0.15) is 0 Å². The Morgan fingerprint density at radius 2 is 1.58 bits per heavy atom. The summed E-state index contributed by atoms with van der Waals surface area (Å²) in [6.07, 6.45) is -0.236. The predicted molar refractivity (Wildman–Crippen MR) is 95.0 cm³/mol. The molecule has 0 heterocycles. The van der Waals surface area contributed by atoms with Crippen LogP contribution in [0.5, 0.6) is 17.2 Å². The number of carbonyl (C=O) groups excluding carboxylic acids is 1. The molecule has 0 aliphatic rings. The van der Waals surface area contributed by atoms with Crippen molar-refractivity contribution in [1.29, 1.82) is 0 Å². The van der Waals surface area contributed by atoms with Gasteiger partial charge >= 0.3 is 5.97 Å². The predicted octanol–water partition coefficient (Wildman–Crippen LogP) is 2.66. The van der Waals surface area contributed by atoms with Gasteiger partial charge in [-0.3, -0.25) is 9.59 Å². The standard InChI is InChI=1S/C19H21NO6/c1-24-15-9-13(10-16(25-2)18(15)26-3)19(23)20-14(11-17(21)22)12-7-5-4-6-8-12/h4-10,14H,11H2,1-3H3,(H,20,23)(H,21,22). The molecule has 0 fully saturated rings. The Labute approximate surface area is 151 Å². The number of carboxylic acids is 1. The highest BCUT2D eigenvalue weighted by Gasteiger charge is 2.21. The van der Waals surface area contributed by atoms with Gasteiger partial charge < -0.3 is 24.6 Å². The van der Waals surface area contributed by atoms with Gasteiger partial charge in [-0.2, -0.15) is 0 Å². The monoisotopic (exact) mass is 359 g/mol. The second-order valence-corrected chi connectivity index (χ2v) is 5.45. The van der Waals surface area contributed by atoms with Gasteiger partial charge in [-0.15, -0.1) is 0 Å². The zero-order valence-electron chi connectivity index (χ0n) is 14.8. The molecule has 0 aliphatic carbocycles. The van der Waals surface area contributed by atoms with Crippen LogP contribution >= 0.6 is 0 Å². The summed E-state index contributed by atoms with van der Waals surface area (Å²) in [5.74, 6) is -0.405. The highest BCUT2D eigenvalue weighted by molar-refractivity contribution is 5.96. The average molecular weight is 359 g/mol. The van der Waals surface area contributed by atoms with E-state index < -0.39 is 17.9 Å². The minimum Gasteiger partial charge on any atom is -0.493 e. The lowest BCUT2D eigenvalue weighted by atomic mass is 10.0. The molecule has 7 heteroatoms. The first-order valence-corrected chi connectivity index (χ1v) is 7.87. The summed E-state index contributed by atoms with van der Waals surface area (Å²) in [6.45, 7) is 0. The molecular formula is C19H21NO6. The van der Waals surface area contributed by atoms with Gasteiger partial charge in [-0.1, -0.05) is 30.3 Å². The summed E-state index contributed by atoms with van der Waals surface area (Å²) < 4.78 is 15.7. The Balaban J connectivity index is 2.33. The molecule has 0 aromatic heterocycles. The summed E-state index contributed by atoms with van der Waals surface area (Å²) in [5.41, 5.74) is 0.974. The van der Waals surface area contributed by atoms with Crippen LogP contribution in [0.3, 0.4) is 0 Å². The number of benzene rings is 2. The average Bonchev–Trinajstić information content (AvgIpc) is 2.66. The number of amides is 1. The fourth-order valence-electron chi connectivity index (χ4n) is 2.57. The van der Waals surface area contributed by atoms with Crippen molar-refractivity contribution in [1.82, 2.24) is 5.32 Å². The largest absolute Gasteiger partial charge is 0.493 e. The topological polar surface area (TPSA) is 94.1 Å². The van der Waals surface area contributed by atoms with Crippen molar-refractivity contribution >= 4 is 11.9 Å². The second kappa shape index (κ2) is 8.75. The molecule has 26 heavy (non-hydrogen) atoms. The quantitative estimate of drug-likeness (QED) is 0.753. The van der Waals surface area contributed by atoms with E-state index in [4.69, 9.17) is 19.3 Å². The van der Waals surface area contributed by atoms with Crippen LogP contribution in [0.25, 0.3) is 0 Å². The first-order valence-electron chi connectivity index (χ1n) is 7.87. The molecule has 0 saturated carbocycles. The van der Waals surface area contributed by atoms with E-state index in [1.54, 1.807) is 24.3 Å². The number of ether oxygens (including phenoxy) is 3. The first kappa shape index (κ1) is 19.1. The third-order valence-electron chi connectivity index (χ3n) is 3.81. The molecule has 2 aromatic carbocycles. The zero-order chi connectivity index (χ0) is 19.1. The molecule has 1 amide bonds. The lowest BCUT2D eigenvalue weighted by Gasteiger charge is -2.19. The maximum Gasteiger partial charge on any atom is 0.305 e. The van der Waals surface area contributed by atoms with Crippen LogP contribution in [0, 0.1) is 0 Å². The van der Waals surface area contributed by atoms with E-state index >= 15 is 0 Å². The molecular weight excluding hydrogens is 338 g/mol. The van der Waals surface area contributed by atoms with Crippen LogP contribution < -0.4 is 19.5 Å². The normalized spacial score (nSPS) is 11.3. The summed E-state index contributed by atoms with van der Waals surface area (Å²) in [6, 6.07) is 11.3. The fraction of sp³-hybridized carbons (Fsp3) is 0.263. The number of carboxylic acid groups (broad SMARTS) is 1. The Hall–Kier alpha value is -3.22. The first-order chi connectivity index (χ1) is 12.5. The van der Waals surface area contributed by atoms with Crippen LogP contribution in [0.15, 0.2) is 42.5 Å². The zero-order valence-corrected chi connectivity index (χ0v) is 14.8. The third kappa shape index (κ3) is 4.44. The van der Waals surface area contributed by atoms with Gasteiger partial charge in [0.25, 0.3) is 5.91 Å². The minimum absolute atomic E-state index is 0.236. The number of aliphatic carboxylic acids is 1. The van der Waals surface area contributed by atoms with Gasteiger partial charge in [0.05, 0.1) is 33.8 Å². The second-order valence-electron chi connectivity index (χ2n) is 5.45. The van der Waals surface area contributed by atoms with Gasteiger partial charge in [0.15, 0.2) is 11.5 Å². The minimum atomic E-state index is -1.01. The van der Waals surface area contributed by atoms with E-state index in [9.17, 15) is 9.59 Å². The number of methoxy groups -OCH3 is 3. The molecule has 2 aromatic rings. The SMILES string of the molecule is COc1cc(C(=O)NC(CC(=O)O)c2ccccc2)cc(OC)c1OC. The van der Waals surface area contributed by atoms with E-state index in [0.29, 0.717) is 22.8 Å². The van der Waals surface area contributed by atoms with Gasteiger partial charge in [-0.25, -0.2) is 0 Å². The van der Waals surface area contributed by atoms with E-state index in [1.807, 2.05) is 6.07 Å². The Kier molecular flexibility index (Phi) is 6.43. The highest BCUT2D eigenvalue weighted by Crippen LogP contribution is 2.38.